The van der Waals surface area contributed by atoms with E-state index in [0.29, 0.717) is 15.7 Å². The molecule has 4 nitrogen and oxygen atoms in total. The lowest BCUT2D eigenvalue weighted by molar-refractivity contribution is 0.0602. The van der Waals surface area contributed by atoms with Gasteiger partial charge in [0.25, 0.3) is 0 Å². The number of thiocarbonyl (C=S) groups is 1. The zero-order valence-corrected chi connectivity index (χ0v) is 19.3. The number of ether oxygens (including phenoxy) is 1. The molecule has 3 rings (SSSR count). The summed E-state index contributed by atoms with van der Waals surface area (Å²) in [7, 11) is 1.38. The molecular formula is C22H21BrN2O2S2. The Balaban J connectivity index is 1.80. The van der Waals surface area contributed by atoms with Crippen LogP contribution in [0, 0.1) is 0 Å². The van der Waals surface area contributed by atoms with Gasteiger partial charge in [0.15, 0.2) is 5.11 Å². The largest absolute Gasteiger partial charge is 0.465 e. The van der Waals surface area contributed by atoms with Crippen molar-refractivity contribution in [2.45, 2.75) is 19.8 Å². The van der Waals surface area contributed by atoms with E-state index < -0.39 is 0 Å². The molecule has 0 unspecified atom stereocenters. The smallest absolute Gasteiger partial charge is 0.340 e. The first-order chi connectivity index (χ1) is 14.0. The molecule has 0 saturated carbocycles. The van der Waals surface area contributed by atoms with Gasteiger partial charge in [0.1, 0.15) is 5.00 Å². The highest BCUT2D eigenvalue weighted by Crippen LogP contribution is 2.31. The van der Waals surface area contributed by atoms with Crippen LogP contribution in [0.3, 0.4) is 0 Å². The van der Waals surface area contributed by atoms with Gasteiger partial charge in [-0.05, 0) is 54.0 Å². The summed E-state index contributed by atoms with van der Waals surface area (Å²) in [5, 5.41) is 7.51. The van der Waals surface area contributed by atoms with Gasteiger partial charge in [-0.2, -0.15) is 0 Å². The standard InChI is InChI=1S/C22H21BrN2O2S2/c1-3-15-12-16(23)9-10-19(15)24-22(28)25-20-18(21(26)27-2)13-17(29-20)11-14-7-5-4-6-8-14/h4-10,12-13H,3,11H2,1-2H3,(H2,24,25,28). The number of nitrogens with one attached hydrogen (secondary N) is 2. The minimum Gasteiger partial charge on any atom is -0.465 e. The third kappa shape index (κ3) is 5.65. The SMILES string of the molecule is CCc1cc(Br)ccc1NC(=S)Nc1sc(Cc2ccccc2)cc1C(=O)OC. The number of carbonyl (C=O) groups excluding carboxylic acids is 1. The second kappa shape index (κ2) is 10.0. The van der Waals surface area contributed by atoms with Gasteiger partial charge in [-0.15, -0.1) is 11.3 Å². The quantitative estimate of drug-likeness (QED) is 0.316. The molecule has 0 aliphatic carbocycles. The van der Waals surface area contributed by atoms with Crippen LogP contribution in [-0.2, 0) is 17.6 Å². The van der Waals surface area contributed by atoms with E-state index in [2.05, 4.69) is 51.7 Å². The minimum absolute atomic E-state index is 0.385. The van der Waals surface area contributed by atoms with Crippen molar-refractivity contribution in [1.29, 1.82) is 0 Å². The van der Waals surface area contributed by atoms with Gasteiger partial charge < -0.3 is 15.4 Å². The maximum atomic E-state index is 12.3. The molecular weight excluding hydrogens is 468 g/mol. The first kappa shape index (κ1) is 21.5. The highest BCUT2D eigenvalue weighted by atomic mass is 79.9. The molecule has 0 fully saturated rings. The number of hydrogen-bond donors (Lipinski definition) is 2. The molecule has 2 aromatic carbocycles. The number of methoxy groups -OCH3 is 1. The fourth-order valence-electron chi connectivity index (χ4n) is 2.91. The number of esters is 1. The van der Waals surface area contributed by atoms with Gasteiger partial charge in [0, 0.05) is 21.5 Å². The summed E-state index contributed by atoms with van der Waals surface area (Å²) in [6, 6.07) is 18.0. The van der Waals surface area contributed by atoms with E-state index in [0.717, 1.165) is 33.4 Å². The molecule has 7 heteroatoms. The predicted molar refractivity (Wildman–Crippen MR) is 128 cm³/mol. The topological polar surface area (TPSA) is 50.4 Å². The predicted octanol–water partition coefficient (Wildman–Crippen LogP) is 6.26. The summed E-state index contributed by atoms with van der Waals surface area (Å²) in [6.45, 7) is 2.09. The number of benzene rings is 2. The number of aryl methyl sites for hydroxylation is 1. The molecule has 0 aliphatic heterocycles. The molecule has 0 amide bonds. The van der Waals surface area contributed by atoms with Crippen LogP contribution in [0.1, 0.15) is 33.3 Å². The van der Waals surface area contributed by atoms with E-state index in [4.69, 9.17) is 17.0 Å². The molecule has 0 aliphatic rings. The fraction of sp³-hybridized carbons (Fsp3) is 0.182. The van der Waals surface area contributed by atoms with Crippen LogP contribution in [0.4, 0.5) is 10.7 Å². The Morgan fingerprint density at radius 1 is 1.14 bits per heavy atom. The van der Waals surface area contributed by atoms with Gasteiger partial charge in [0.05, 0.1) is 12.7 Å². The average Bonchev–Trinajstić information content (AvgIpc) is 3.11. The van der Waals surface area contributed by atoms with E-state index in [1.54, 1.807) is 0 Å². The second-order valence-electron chi connectivity index (χ2n) is 6.34. The van der Waals surface area contributed by atoms with Gasteiger partial charge >= 0.3 is 5.97 Å². The average molecular weight is 489 g/mol. The number of rotatable bonds is 6. The lowest BCUT2D eigenvalue weighted by Gasteiger charge is -2.13. The van der Waals surface area contributed by atoms with E-state index in [9.17, 15) is 4.79 Å². The molecule has 0 radical (unpaired) electrons. The van der Waals surface area contributed by atoms with Gasteiger partial charge in [-0.3, -0.25) is 0 Å². The van der Waals surface area contributed by atoms with Gasteiger partial charge in [-0.1, -0.05) is 53.2 Å². The van der Waals surface area contributed by atoms with Crippen LogP contribution >= 0.6 is 39.5 Å². The van der Waals surface area contributed by atoms with Crippen molar-refractivity contribution in [2.24, 2.45) is 0 Å². The van der Waals surface area contributed by atoms with Gasteiger partial charge in [-0.25, -0.2) is 4.79 Å². The molecule has 29 heavy (non-hydrogen) atoms. The minimum atomic E-state index is -0.385. The normalized spacial score (nSPS) is 10.4. The van der Waals surface area contributed by atoms with E-state index in [1.807, 2.05) is 36.4 Å². The zero-order valence-electron chi connectivity index (χ0n) is 16.1. The molecule has 150 valence electrons. The summed E-state index contributed by atoms with van der Waals surface area (Å²) >= 11 is 10.5. The van der Waals surface area contributed by atoms with Crippen molar-refractivity contribution >= 4 is 61.3 Å². The Morgan fingerprint density at radius 2 is 1.90 bits per heavy atom. The Kier molecular flexibility index (Phi) is 7.41. The first-order valence-electron chi connectivity index (χ1n) is 9.11. The van der Waals surface area contributed by atoms with Crippen molar-refractivity contribution in [2.75, 3.05) is 17.7 Å². The molecule has 0 bridgehead atoms. The Morgan fingerprint density at radius 3 is 2.59 bits per heavy atom. The van der Waals surface area contributed by atoms with E-state index in [-0.39, 0.29) is 5.97 Å². The third-order valence-electron chi connectivity index (χ3n) is 4.33. The van der Waals surface area contributed by atoms with Crippen molar-refractivity contribution in [3.8, 4) is 0 Å². The molecule has 0 atom stereocenters. The molecule has 1 heterocycles. The molecule has 3 aromatic rings. The van der Waals surface area contributed by atoms with E-state index in [1.165, 1.54) is 24.0 Å². The molecule has 0 spiro atoms. The van der Waals surface area contributed by atoms with Crippen LogP contribution in [-0.4, -0.2) is 18.2 Å². The van der Waals surface area contributed by atoms with Crippen LogP contribution in [0.25, 0.3) is 0 Å². The van der Waals surface area contributed by atoms with Crippen LogP contribution in [0.5, 0.6) is 0 Å². The number of thiophene rings is 1. The Bertz CT molecular complexity index is 1020. The fourth-order valence-corrected chi connectivity index (χ4v) is 4.68. The highest BCUT2D eigenvalue weighted by Gasteiger charge is 2.18. The highest BCUT2D eigenvalue weighted by molar-refractivity contribution is 9.10. The Labute approximate surface area is 188 Å². The van der Waals surface area contributed by atoms with E-state index >= 15 is 0 Å². The van der Waals surface area contributed by atoms with Crippen molar-refractivity contribution in [3.05, 3.63) is 80.6 Å². The zero-order chi connectivity index (χ0) is 20.8. The first-order valence-corrected chi connectivity index (χ1v) is 11.1. The second-order valence-corrected chi connectivity index (χ2v) is 8.80. The molecule has 0 saturated heterocycles. The number of carbonyl (C=O) groups is 1. The van der Waals surface area contributed by atoms with Crippen molar-refractivity contribution in [1.82, 2.24) is 0 Å². The monoisotopic (exact) mass is 488 g/mol. The summed E-state index contributed by atoms with van der Waals surface area (Å²) in [5.41, 5.74) is 3.75. The Hall–Kier alpha value is -2.22. The van der Waals surface area contributed by atoms with Crippen molar-refractivity contribution in [3.63, 3.8) is 0 Å². The maximum Gasteiger partial charge on any atom is 0.340 e. The van der Waals surface area contributed by atoms with Crippen LogP contribution in [0.15, 0.2) is 59.1 Å². The number of hydrogen-bond acceptors (Lipinski definition) is 4. The summed E-state index contributed by atoms with van der Waals surface area (Å²) < 4.78 is 5.97. The number of halogens is 1. The molecule has 2 N–H and O–H groups in total. The third-order valence-corrected chi connectivity index (χ3v) is 6.08. The summed E-state index contributed by atoms with van der Waals surface area (Å²) in [6.07, 6.45) is 1.61. The van der Waals surface area contributed by atoms with Crippen LogP contribution in [0.2, 0.25) is 0 Å². The lowest BCUT2D eigenvalue weighted by atomic mass is 10.1. The summed E-state index contributed by atoms with van der Waals surface area (Å²) in [4.78, 5) is 13.3. The summed E-state index contributed by atoms with van der Waals surface area (Å²) in [5.74, 6) is -0.385. The van der Waals surface area contributed by atoms with Gasteiger partial charge in [0.2, 0.25) is 0 Å². The number of anilines is 2. The van der Waals surface area contributed by atoms with Crippen LogP contribution < -0.4 is 10.6 Å². The lowest BCUT2D eigenvalue weighted by Crippen LogP contribution is -2.20. The maximum absolute atomic E-state index is 12.3. The molecule has 1 aromatic heterocycles. The van der Waals surface area contributed by atoms with Crippen molar-refractivity contribution < 1.29 is 9.53 Å².